The van der Waals surface area contributed by atoms with Crippen molar-refractivity contribution in [2.75, 3.05) is 5.33 Å². The molecular weight excluding hydrogens is 268 g/mol. The predicted octanol–water partition coefficient (Wildman–Crippen LogP) is 3.35. The van der Waals surface area contributed by atoms with E-state index in [0.29, 0.717) is 11.5 Å². The first-order chi connectivity index (χ1) is 7.60. The standard InChI is InChI=1S/C13H15BrO2/c1-3-9(2)10-4-6-11(7-5-10)13(16)12(15)8-14/h4-7,9H,3,8H2,1-2H3. The van der Waals surface area contributed by atoms with Crippen LogP contribution >= 0.6 is 15.9 Å². The van der Waals surface area contributed by atoms with E-state index in [2.05, 4.69) is 29.8 Å². The van der Waals surface area contributed by atoms with E-state index in [9.17, 15) is 9.59 Å². The van der Waals surface area contributed by atoms with Crippen molar-refractivity contribution in [2.24, 2.45) is 0 Å². The lowest BCUT2D eigenvalue weighted by atomic mass is 9.96. The topological polar surface area (TPSA) is 34.1 Å². The van der Waals surface area contributed by atoms with Crippen molar-refractivity contribution in [2.45, 2.75) is 26.2 Å². The molecule has 0 radical (unpaired) electrons. The lowest BCUT2D eigenvalue weighted by Gasteiger charge is -2.08. The molecule has 0 amide bonds. The van der Waals surface area contributed by atoms with Crippen LogP contribution in [0.2, 0.25) is 0 Å². The van der Waals surface area contributed by atoms with Gasteiger partial charge in [-0.3, -0.25) is 9.59 Å². The van der Waals surface area contributed by atoms with E-state index in [0.717, 1.165) is 6.42 Å². The fraction of sp³-hybridized carbons (Fsp3) is 0.385. The molecule has 1 aromatic carbocycles. The largest absolute Gasteiger partial charge is 0.290 e. The summed E-state index contributed by atoms with van der Waals surface area (Å²) < 4.78 is 0. The molecule has 0 heterocycles. The van der Waals surface area contributed by atoms with Crippen LogP contribution in [-0.2, 0) is 4.79 Å². The zero-order chi connectivity index (χ0) is 12.1. The maximum Gasteiger partial charge on any atom is 0.229 e. The van der Waals surface area contributed by atoms with Gasteiger partial charge in [-0.1, -0.05) is 54.0 Å². The third-order valence-electron chi connectivity index (χ3n) is 2.73. The van der Waals surface area contributed by atoms with Crippen LogP contribution in [-0.4, -0.2) is 16.9 Å². The van der Waals surface area contributed by atoms with E-state index < -0.39 is 11.6 Å². The van der Waals surface area contributed by atoms with Crippen LogP contribution in [0.4, 0.5) is 0 Å². The lowest BCUT2D eigenvalue weighted by Crippen LogP contribution is -2.15. The molecular formula is C13H15BrO2. The Morgan fingerprint density at radius 2 is 1.81 bits per heavy atom. The van der Waals surface area contributed by atoms with Crippen LogP contribution in [0, 0.1) is 0 Å². The Labute approximate surface area is 104 Å². The summed E-state index contributed by atoms with van der Waals surface area (Å²) in [5, 5.41) is 0.0823. The summed E-state index contributed by atoms with van der Waals surface area (Å²) in [6, 6.07) is 7.29. The number of hydrogen-bond donors (Lipinski definition) is 0. The van der Waals surface area contributed by atoms with Gasteiger partial charge in [-0.25, -0.2) is 0 Å². The molecule has 0 fully saturated rings. The van der Waals surface area contributed by atoms with Gasteiger partial charge >= 0.3 is 0 Å². The van der Waals surface area contributed by atoms with Crippen molar-refractivity contribution >= 4 is 27.5 Å². The second-order valence-electron chi connectivity index (χ2n) is 3.82. The molecule has 0 saturated carbocycles. The van der Waals surface area contributed by atoms with E-state index >= 15 is 0 Å². The van der Waals surface area contributed by atoms with Gasteiger partial charge in [-0.05, 0) is 17.9 Å². The highest BCUT2D eigenvalue weighted by Gasteiger charge is 2.14. The molecule has 2 nitrogen and oxygen atoms in total. The number of carbonyl (C=O) groups excluding carboxylic acids is 2. The van der Waals surface area contributed by atoms with Gasteiger partial charge in [0.1, 0.15) is 0 Å². The molecule has 1 unspecified atom stereocenters. The van der Waals surface area contributed by atoms with Crippen LogP contribution in [0.25, 0.3) is 0 Å². The minimum Gasteiger partial charge on any atom is -0.290 e. The fourth-order valence-electron chi connectivity index (χ4n) is 1.42. The number of ketones is 2. The molecule has 1 atom stereocenters. The minimum absolute atomic E-state index is 0.0823. The van der Waals surface area contributed by atoms with Gasteiger partial charge < -0.3 is 0 Å². The van der Waals surface area contributed by atoms with Crippen LogP contribution in [0.1, 0.15) is 42.1 Å². The van der Waals surface area contributed by atoms with Crippen molar-refractivity contribution in [3.05, 3.63) is 35.4 Å². The Morgan fingerprint density at radius 1 is 1.25 bits per heavy atom. The molecule has 16 heavy (non-hydrogen) atoms. The predicted molar refractivity (Wildman–Crippen MR) is 68.3 cm³/mol. The quantitative estimate of drug-likeness (QED) is 0.472. The van der Waals surface area contributed by atoms with E-state index in [1.54, 1.807) is 12.1 Å². The van der Waals surface area contributed by atoms with Gasteiger partial charge in [-0.2, -0.15) is 0 Å². The Morgan fingerprint density at radius 3 is 2.25 bits per heavy atom. The third-order valence-corrected chi connectivity index (χ3v) is 3.24. The highest BCUT2D eigenvalue weighted by atomic mass is 79.9. The van der Waals surface area contributed by atoms with Gasteiger partial charge in [0.15, 0.2) is 0 Å². The second kappa shape index (κ2) is 5.94. The Balaban J connectivity index is 2.87. The highest BCUT2D eigenvalue weighted by Crippen LogP contribution is 2.19. The van der Waals surface area contributed by atoms with Gasteiger partial charge in [0, 0.05) is 5.56 Å². The summed E-state index contributed by atoms with van der Waals surface area (Å²) in [5.41, 5.74) is 1.67. The highest BCUT2D eigenvalue weighted by molar-refractivity contribution is 9.09. The smallest absolute Gasteiger partial charge is 0.229 e. The number of rotatable bonds is 5. The minimum atomic E-state index is -0.424. The average Bonchev–Trinajstić information content (AvgIpc) is 2.36. The first-order valence-electron chi connectivity index (χ1n) is 5.33. The van der Waals surface area contributed by atoms with Crippen LogP contribution in [0.3, 0.4) is 0 Å². The molecule has 0 bridgehead atoms. The monoisotopic (exact) mass is 282 g/mol. The van der Waals surface area contributed by atoms with Crippen molar-refractivity contribution < 1.29 is 9.59 Å². The van der Waals surface area contributed by atoms with Gasteiger partial charge in [0.25, 0.3) is 0 Å². The number of hydrogen-bond acceptors (Lipinski definition) is 2. The number of Topliss-reactive ketones (excluding diaryl/α,β-unsaturated/α-hetero) is 2. The molecule has 0 aliphatic carbocycles. The number of alkyl halides is 1. The first-order valence-corrected chi connectivity index (χ1v) is 6.45. The maximum atomic E-state index is 11.5. The van der Waals surface area contributed by atoms with Crippen molar-refractivity contribution in [1.82, 2.24) is 0 Å². The molecule has 0 aliphatic rings. The van der Waals surface area contributed by atoms with E-state index in [4.69, 9.17) is 0 Å². The zero-order valence-electron chi connectivity index (χ0n) is 9.50. The Hall–Kier alpha value is -0.960. The van der Waals surface area contributed by atoms with Crippen molar-refractivity contribution in [1.29, 1.82) is 0 Å². The number of halogens is 1. The summed E-state index contributed by atoms with van der Waals surface area (Å²) >= 11 is 2.99. The van der Waals surface area contributed by atoms with Gasteiger partial charge in [-0.15, -0.1) is 0 Å². The normalized spacial score (nSPS) is 12.2. The van der Waals surface area contributed by atoms with E-state index in [1.807, 2.05) is 12.1 Å². The number of benzene rings is 1. The van der Waals surface area contributed by atoms with Crippen molar-refractivity contribution in [3.8, 4) is 0 Å². The molecule has 1 aromatic rings. The lowest BCUT2D eigenvalue weighted by molar-refractivity contribution is -0.112. The van der Waals surface area contributed by atoms with Gasteiger partial charge in [0.2, 0.25) is 11.6 Å². The average molecular weight is 283 g/mol. The Bertz CT molecular complexity index is 381. The summed E-state index contributed by atoms with van der Waals surface area (Å²) in [5.74, 6) is -0.347. The summed E-state index contributed by atoms with van der Waals surface area (Å²) in [7, 11) is 0. The third kappa shape index (κ3) is 3.01. The molecule has 0 aliphatic heterocycles. The van der Waals surface area contributed by atoms with Gasteiger partial charge in [0.05, 0.1) is 5.33 Å². The molecule has 0 aromatic heterocycles. The summed E-state index contributed by atoms with van der Waals surface area (Å²) in [4.78, 5) is 22.7. The number of carbonyl (C=O) groups is 2. The molecule has 0 N–H and O–H groups in total. The van der Waals surface area contributed by atoms with Crippen LogP contribution < -0.4 is 0 Å². The molecule has 0 spiro atoms. The first kappa shape index (κ1) is 13.1. The molecule has 3 heteroatoms. The van der Waals surface area contributed by atoms with Crippen LogP contribution in [0.15, 0.2) is 24.3 Å². The van der Waals surface area contributed by atoms with E-state index in [1.165, 1.54) is 5.56 Å². The fourth-order valence-corrected chi connectivity index (χ4v) is 1.68. The summed E-state index contributed by atoms with van der Waals surface area (Å²) in [6.45, 7) is 4.26. The second-order valence-corrected chi connectivity index (χ2v) is 4.38. The molecule has 0 saturated heterocycles. The SMILES string of the molecule is CCC(C)c1ccc(C(=O)C(=O)CBr)cc1. The maximum absolute atomic E-state index is 11.5. The van der Waals surface area contributed by atoms with E-state index in [-0.39, 0.29) is 5.33 Å². The molecule has 1 rings (SSSR count). The zero-order valence-corrected chi connectivity index (χ0v) is 11.1. The van der Waals surface area contributed by atoms with Crippen molar-refractivity contribution in [3.63, 3.8) is 0 Å². The Kier molecular flexibility index (Phi) is 4.87. The summed E-state index contributed by atoms with van der Waals surface area (Å²) in [6.07, 6.45) is 1.06. The van der Waals surface area contributed by atoms with Crippen LogP contribution in [0.5, 0.6) is 0 Å². The molecule has 86 valence electrons.